The van der Waals surface area contributed by atoms with Crippen molar-refractivity contribution in [3.8, 4) is 0 Å². The molecule has 0 spiro atoms. The topological polar surface area (TPSA) is 4.36 Å². The van der Waals surface area contributed by atoms with Crippen LogP contribution in [-0.2, 0) is 0 Å². The highest BCUT2D eigenvalue weighted by atomic mass is 19.3. The molecule has 0 saturated carbocycles. The maximum Gasteiger partial charge on any atom is 0.316 e. The Morgan fingerprint density at radius 2 is 1.92 bits per heavy atom. The van der Waals surface area contributed by atoms with E-state index in [1.54, 1.807) is 31.2 Å². The number of nitrogens with zero attached hydrogens (tertiary/aromatic N) is 1. The largest absolute Gasteiger partial charge is 0.316 e. The van der Waals surface area contributed by atoms with E-state index >= 15 is 0 Å². The van der Waals surface area contributed by atoms with E-state index in [2.05, 4.69) is 4.85 Å². The van der Waals surface area contributed by atoms with Crippen molar-refractivity contribution in [3.05, 3.63) is 46.8 Å². The number of halogens is 2. The van der Waals surface area contributed by atoms with Gasteiger partial charge in [0.15, 0.2) is 0 Å². The fourth-order valence-electron chi connectivity index (χ4n) is 1.18. The first-order valence-electron chi connectivity index (χ1n) is 3.87. The van der Waals surface area contributed by atoms with Gasteiger partial charge in [0.25, 0.3) is 0 Å². The van der Waals surface area contributed by atoms with E-state index in [1.807, 2.05) is 0 Å². The van der Waals surface area contributed by atoms with E-state index in [1.165, 1.54) is 0 Å². The number of aryl methyl sites for hydroxylation is 1. The van der Waals surface area contributed by atoms with Crippen LogP contribution in [0.5, 0.6) is 0 Å². The third-order valence-corrected chi connectivity index (χ3v) is 1.88. The second kappa shape index (κ2) is 3.99. The normalized spacial score (nSPS) is 12.5. The van der Waals surface area contributed by atoms with Gasteiger partial charge in [-0.05, 0) is 12.5 Å². The third-order valence-electron chi connectivity index (χ3n) is 1.88. The molecular formula is C10H9F2N. The summed E-state index contributed by atoms with van der Waals surface area (Å²) in [7, 11) is 0. The van der Waals surface area contributed by atoms with Crippen molar-refractivity contribution in [1.82, 2.24) is 0 Å². The predicted molar refractivity (Wildman–Crippen MR) is 46.5 cm³/mol. The van der Waals surface area contributed by atoms with Crippen LogP contribution in [0.2, 0.25) is 0 Å². The molecule has 0 aliphatic heterocycles. The van der Waals surface area contributed by atoms with Gasteiger partial charge < -0.3 is 4.85 Å². The van der Waals surface area contributed by atoms with E-state index in [0.29, 0.717) is 5.56 Å². The summed E-state index contributed by atoms with van der Waals surface area (Å²) in [5, 5.41) is 0. The van der Waals surface area contributed by atoms with Crippen LogP contribution >= 0.6 is 0 Å². The Bertz CT molecular complexity index is 328. The van der Waals surface area contributed by atoms with Gasteiger partial charge in [-0.25, -0.2) is 15.4 Å². The second-order valence-electron chi connectivity index (χ2n) is 2.76. The average Bonchev–Trinajstić information content (AvgIpc) is 2.09. The molecule has 1 nitrogen and oxygen atoms in total. The fourth-order valence-corrected chi connectivity index (χ4v) is 1.18. The molecular weight excluding hydrogens is 172 g/mol. The van der Waals surface area contributed by atoms with Gasteiger partial charge >= 0.3 is 12.5 Å². The standard InChI is InChI=1S/C10H9F2N/c1-7-5-3-4-6-8(7)9(13-2)10(11)12/h3-6,9-10H,1H3. The maximum atomic E-state index is 12.4. The van der Waals surface area contributed by atoms with Crippen molar-refractivity contribution >= 4 is 0 Å². The lowest BCUT2D eigenvalue weighted by Gasteiger charge is -2.06. The lowest BCUT2D eigenvalue weighted by Crippen LogP contribution is -2.05. The molecule has 0 aliphatic rings. The molecule has 13 heavy (non-hydrogen) atoms. The second-order valence-corrected chi connectivity index (χ2v) is 2.76. The first-order chi connectivity index (χ1) is 6.16. The smallest absolute Gasteiger partial charge is 0.302 e. The summed E-state index contributed by atoms with van der Waals surface area (Å²) in [5.74, 6) is 0. The Hall–Kier alpha value is -1.43. The van der Waals surface area contributed by atoms with Crippen molar-refractivity contribution in [2.45, 2.75) is 19.4 Å². The Morgan fingerprint density at radius 3 is 2.38 bits per heavy atom. The fraction of sp³-hybridized carbons (Fsp3) is 0.300. The summed E-state index contributed by atoms with van der Waals surface area (Å²) in [6.45, 7) is 8.40. The minimum Gasteiger partial charge on any atom is -0.302 e. The quantitative estimate of drug-likeness (QED) is 0.617. The van der Waals surface area contributed by atoms with Crippen molar-refractivity contribution < 1.29 is 8.78 Å². The van der Waals surface area contributed by atoms with Gasteiger partial charge in [-0.15, -0.1) is 0 Å². The third kappa shape index (κ3) is 2.03. The van der Waals surface area contributed by atoms with E-state index in [0.717, 1.165) is 5.56 Å². The zero-order chi connectivity index (χ0) is 9.84. The Kier molecular flexibility index (Phi) is 2.97. The molecule has 0 N–H and O–H groups in total. The minimum absolute atomic E-state index is 0.424. The van der Waals surface area contributed by atoms with Crippen LogP contribution in [0.1, 0.15) is 17.2 Å². The highest BCUT2D eigenvalue weighted by Gasteiger charge is 2.28. The summed E-state index contributed by atoms with van der Waals surface area (Å²) in [6, 6.07) is 5.43. The molecule has 1 atom stereocenters. The van der Waals surface area contributed by atoms with Crippen LogP contribution < -0.4 is 0 Å². The summed E-state index contributed by atoms with van der Waals surface area (Å²) < 4.78 is 24.7. The predicted octanol–water partition coefficient (Wildman–Crippen LogP) is 3.22. The minimum atomic E-state index is -2.61. The first kappa shape index (κ1) is 9.66. The molecule has 1 unspecified atom stereocenters. The lowest BCUT2D eigenvalue weighted by molar-refractivity contribution is 0.130. The molecule has 1 aromatic carbocycles. The van der Waals surface area contributed by atoms with Gasteiger partial charge in [0.1, 0.15) is 0 Å². The zero-order valence-electron chi connectivity index (χ0n) is 7.17. The van der Waals surface area contributed by atoms with Crippen molar-refractivity contribution in [1.29, 1.82) is 0 Å². The van der Waals surface area contributed by atoms with Gasteiger partial charge in [0.2, 0.25) is 0 Å². The molecule has 0 fully saturated rings. The van der Waals surface area contributed by atoms with Gasteiger partial charge in [-0.2, -0.15) is 0 Å². The van der Waals surface area contributed by atoms with Crippen LogP contribution in [0.25, 0.3) is 4.85 Å². The number of hydrogen-bond acceptors (Lipinski definition) is 0. The molecule has 0 saturated heterocycles. The monoisotopic (exact) mass is 181 g/mol. The van der Waals surface area contributed by atoms with Crippen molar-refractivity contribution in [2.75, 3.05) is 0 Å². The Balaban J connectivity index is 3.07. The van der Waals surface area contributed by atoms with E-state index in [-0.39, 0.29) is 0 Å². The SMILES string of the molecule is [C-]#[N+]C(c1ccccc1C)C(F)F. The molecule has 68 valence electrons. The Morgan fingerprint density at radius 1 is 1.31 bits per heavy atom. The molecule has 0 radical (unpaired) electrons. The molecule has 0 bridgehead atoms. The first-order valence-corrected chi connectivity index (χ1v) is 3.87. The van der Waals surface area contributed by atoms with E-state index in [9.17, 15) is 8.78 Å². The number of rotatable bonds is 2. The molecule has 0 amide bonds. The number of alkyl halides is 2. The number of hydrogen-bond donors (Lipinski definition) is 0. The van der Waals surface area contributed by atoms with Crippen LogP contribution in [0.3, 0.4) is 0 Å². The maximum absolute atomic E-state index is 12.4. The highest BCUT2D eigenvalue weighted by molar-refractivity contribution is 5.30. The van der Waals surface area contributed by atoms with Gasteiger partial charge in [0, 0.05) is 5.56 Å². The number of benzene rings is 1. The average molecular weight is 181 g/mol. The van der Waals surface area contributed by atoms with Crippen LogP contribution in [-0.4, -0.2) is 6.43 Å². The van der Waals surface area contributed by atoms with E-state index in [4.69, 9.17) is 6.57 Å². The van der Waals surface area contributed by atoms with Crippen LogP contribution in [0.4, 0.5) is 8.78 Å². The summed E-state index contributed by atoms with van der Waals surface area (Å²) in [5.41, 5.74) is 1.16. The van der Waals surface area contributed by atoms with Crippen LogP contribution in [0.15, 0.2) is 24.3 Å². The van der Waals surface area contributed by atoms with Crippen molar-refractivity contribution in [3.63, 3.8) is 0 Å². The summed E-state index contributed by atoms with van der Waals surface area (Å²) in [4.78, 5) is 2.92. The van der Waals surface area contributed by atoms with E-state index < -0.39 is 12.5 Å². The molecule has 0 aliphatic carbocycles. The zero-order valence-corrected chi connectivity index (χ0v) is 7.17. The molecule has 0 heterocycles. The molecule has 1 rings (SSSR count). The molecule has 0 aromatic heterocycles. The molecule has 3 heteroatoms. The van der Waals surface area contributed by atoms with Gasteiger partial charge in [-0.1, -0.05) is 24.3 Å². The van der Waals surface area contributed by atoms with Gasteiger partial charge in [0.05, 0.1) is 0 Å². The highest BCUT2D eigenvalue weighted by Crippen LogP contribution is 2.26. The molecule has 1 aromatic rings. The van der Waals surface area contributed by atoms with Crippen molar-refractivity contribution in [2.24, 2.45) is 0 Å². The Labute approximate surface area is 75.8 Å². The lowest BCUT2D eigenvalue weighted by atomic mass is 10.0. The van der Waals surface area contributed by atoms with Gasteiger partial charge in [-0.3, -0.25) is 0 Å². The van der Waals surface area contributed by atoms with Crippen LogP contribution in [0, 0.1) is 13.5 Å². The summed E-state index contributed by atoms with van der Waals surface area (Å²) >= 11 is 0. The summed E-state index contributed by atoms with van der Waals surface area (Å²) in [6.07, 6.45) is -2.61.